The predicted octanol–water partition coefficient (Wildman–Crippen LogP) is 2.14. The molecule has 0 spiro atoms. The molecular formula is C14H16FN3. The Morgan fingerprint density at radius 2 is 2.06 bits per heavy atom. The lowest BCUT2D eigenvalue weighted by atomic mass is 10.0. The van der Waals surface area contributed by atoms with Gasteiger partial charge in [-0.15, -0.1) is 0 Å². The maximum absolute atomic E-state index is 13.0. The van der Waals surface area contributed by atoms with E-state index in [9.17, 15) is 4.39 Å². The largest absolute Gasteiger partial charge is 0.330 e. The first-order valence-electron chi connectivity index (χ1n) is 6.34. The summed E-state index contributed by atoms with van der Waals surface area (Å²) < 4.78 is 15.1. The molecule has 18 heavy (non-hydrogen) atoms. The van der Waals surface area contributed by atoms with Gasteiger partial charge in [-0.3, -0.25) is 4.68 Å². The number of benzene rings is 1. The van der Waals surface area contributed by atoms with Crippen LogP contribution in [-0.2, 0) is 19.4 Å². The van der Waals surface area contributed by atoms with Gasteiger partial charge in [0, 0.05) is 24.2 Å². The van der Waals surface area contributed by atoms with Gasteiger partial charge in [-0.2, -0.15) is 5.10 Å². The molecule has 0 saturated heterocycles. The molecule has 2 heterocycles. The highest BCUT2D eigenvalue weighted by Gasteiger charge is 2.22. The summed E-state index contributed by atoms with van der Waals surface area (Å²) in [5.74, 6) is -0.206. The number of halogens is 1. The SMILES string of the molecule is NCCc1nn2c(c1-c1ccc(F)cc1)CCC2. The number of hydrogen-bond donors (Lipinski definition) is 1. The van der Waals surface area contributed by atoms with Gasteiger partial charge >= 0.3 is 0 Å². The van der Waals surface area contributed by atoms with Crippen LogP contribution in [0, 0.1) is 5.82 Å². The summed E-state index contributed by atoms with van der Waals surface area (Å²) in [6.07, 6.45) is 2.95. The van der Waals surface area contributed by atoms with E-state index in [-0.39, 0.29) is 5.82 Å². The van der Waals surface area contributed by atoms with Gasteiger partial charge in [0.25, 0.3) is 0 Å². The van der Waals surface area contributed by atoms with Gasteiger partial charge in [0.2, 0.25) is 0 Å². The van der Waals surface area contributed by atoms with Crippen LogP contribution in [0.4, 0.5) is 4.39 Å². The molecule has 1 aromatic carbocycles. The third kappa shape index (κ3) is 1.82. The number of rotatable bonds is 3. The molecule has 3 rings (SSSR count). The van der Waals surface area contributed by atoms with Gasteiger partial charge in [-0.05, 0) is 37.1 Å². The average molecular weight is 245 g/mol. The number of nitrogens with two attached hydrogens (primary N) is 1. The molecule has 0 aliphatic carbocycles. The second-order valence-electron chi connectivity index (χ2n) is 4.64. The molecule has 3 nitrogen and oxygen atoms in total. The van der Waals surface area contributed by atoms with Crippen molar-refractivity contribution in [1.82, 2.24) is 9.78 Å². The Kier molecular flexibility index (Phi) is 2.88. The van der Waals surface area contributed by atoms with E-state index in [4.69, 9.17) is 5.73 Å². The van der Waals surface area contributed by atoms with Crippen LogP contribution in [-0.4, -0.2) is 16.3 Å². The fraction of sp³-hybridized carbons (Fsp3) is 0.357. The summed E-state index contributed by atoms with van der Waals surface area (Å²) >= 11 is 0. The molecule has 0 saturated carbocycles. The first-order chi connectivity index (χ1) is 8.79. The fourth-order valence-corrected chi connectivity index (χ4v) is 2.65. The molecule has 0 fully saturated rings. The molecule has 0 atom stereocenters. The Morgan fingerprint density at radius 3 is 2.78 bits per heavy atom. The van der Waals surface area contributed by atoms with E-state index in [1.165, 1.54) is 17.8 Å². The molecule has 2 aromatic rings. The van der Waals surface area contributed by atoms with Crippen molar-refractivity contribution in [3.8, 4) is 11.1 Å². The highest BCUT2D eigenvalue weighted by Crippen LogP contribution is 2.32. The van der Waals surface area contributed by atoms with Crippen molar-refractivity contribution in [2.75, 3.05) is 6.54 Å². The Balaban J connectivity index is 2.11. The average Bonchev–Trinajstić information content (AvgIpc) is 2.91. The molecule has 1 aromatic heterocycles. The van der Waals surface area contributed by atoms with Crippen LogP contribution < -0.4 is 5.73 Å². The van der Waals surface area contributed by atoms with E-state index < -0.39 is 0 Å². The minimum atomic E-state index is -0.206. The van der Waals surface area contributed by atoms with Gasteiger partial charge in [0.1, 0.15) is 5.82 Å². The molecule has 4 heteroatoms. The lowest BCUT2D eigenvalue weighted by Crippen LogP contribution is -2.05. The summed E-state index contributed by atoms with van der Waals surface area (Å²) in [6, 6.07) is 6.65. The van der Waals surface area contributed by atoms with Crippen LogP contribution in [0.3, 0.4) is 0 Å². The maximum atomic E-state index is 13.0. The Hall–Kier alpha value is -1.68. The number of fused-ring (bicyclic) bond motifs is 1. The van der Waals surface area contributed by atoms with Gasteiger partial charge in [0.15, 0.2) is 0 Å². The van der Waals surface area contributed by atoms with Crippen molar-refractivity contribution >= 4 is 0 Å². The molecule has 0 amide bonds. The van der Waals surface area contributed by atoms with Gasteiger partial charge in [0.05, 0.1) is 5.69 Å². The lowest BCUT2D eigenvalue weighted by Gasteiger charge is -2.04. The van der Waals surface area contributed by atoms with Crippen LogP contribution in [0.5, 0.6) is 0 Å². The molecule has 0 radical (unpaired) electrons. The van der Waals surface area contributed by atoms with Crippen molar-refractivity contribution in [1.29, 1.82) is 0 Å². The van der Waals surface area contributed by atoms with Crippen molar-refractivity contribution in [2.24, 2.45) is 5.73 Å². The molecule has 0 unspecified atom stereocenters. The smallest absolute Gasteiger partial charge is 0.123 e. The standard InChI is InChI=1S/C14H16FN3/c15-11-5-3-10(4-6-11)14-12(7-8-16)17-18-9-1-2-13(14)18/h3-6H,1-2,7-9,16H2. The van der Waals surface area contributed by atoms with Crippen LogP contribution in [0.15, 0.2) is 24.3 Å². The van der Waals surface area contributed by atoms with Crippen molar-refractivity contribution in [3.63, 3.8) is 0 Å². The molecule has 1 aliphatic rings. The van der Waals surface area contributed by atoms with Gasteiger partial charge in [-0.1, -0.05) is 12.1 Å². The Labute approximate surface area is 105 Å². The summed E-state index contributed by atoms with van der Waals surface area (Å²) in [5, 5.41) is 4.62. The number of aromatic nitrogens is 2. The molecule has 2 N–H and O–H groups in total. The zero-order chi connectivity index (χ0) is 12.5. The van der Waals surface area contributed by atoms with Crippen LogP contribution in [0.2, 0.25) is 0 Å². The third-order valence-electron chi connectivity index (χ3n) is 3.43. The highest BCUT2D eigenvalue weighted by atomic mass is 19.1. The second kappa shape index (κ2) is 4.53. The van der Waals surface area contributed by atoms with Crippen LogP contribution >= 0.6 is 0 Å². The zero-order valence-corrected chi connectivity index (χ0v) is 10.2. The highest BCUT2D eigenvalue weighted by molar-refractivity contribution is 5.69. The van der Waals surface area contributed by atoms with E-state index in [2.05, 4.69) is 9.78 Å². The topological polar surface area (TPSA) is 43.8 Å². The second-order valence-corrected chi connectivity index (χ2v) is 4.64. The van der Waals surface area contributed by atoms with Crippen molar-refractivity contribution in [2.45, 2.75) is 25.8 Å². The monoisotopic (exact) mass is 245 g/mol. The summed E-state index contributed by atoms with van der Waals surface area (Å²) in [4.78, 5) is 0. The lowest BCUT2D eigenvalue weighted by molar-refractivity contribution is 0.628. The summed E-state index contributed by atoms with van der Waals surface area (Å²) in [7, 11) is 0. The quantitative estimate of drug-likeness (QED) is 0.900. The molecular weight excluding hydrogens is 229 g/mol. The summed E-state index contributed by atoms with van der Waals surface area (Å²) in [6.45, 7) is 1.57. The predicted molar refractivity (Wildman–Crippen MR) is 68.7 cm³/mol. The number of aryl methyl sites for hydroxylation is 1. The van der Waals surface area contributed by atoms with Crippen LogP contribution in [0.1, 0.15) is 17.8 Å². The molecule has 1 aliphatic heterocycles. The van der Waals surface area contributed by atoms with E-state index in [0.29, 0.717) is 6.54 Å². The first-order valence-corrected chi connectivity index (χ1v) is 6.34. The zero-order valence-electron chi connectivity index (χ0n) is 10.2. The molecule has 0 bridgehead atoms. The normalized spacial score (nSPS) is 13.9. The molecule has 94 valence electrons. The van der Waals surface area contributed by atoms with Crippen LogP contribution in [0.25, 0.3) is 11.1 Å². The third-order valence-corrected chi connectivity index (χ3v) is 3.43. The van der Waals surface area contributed by atoms with E-state index in [1.807, 2.05) is 12.1 Å². The minimum Gasteiger partial charge on any atom is -0.330 e. The van der Waals surface area contributed by atoms with E-state index in [0.717, 1.165) is 42.6 Å². The van der Waals surface area contributed by atoms with E-state index >= 15 is 0 Å². The minimum absolute atomic E-state index is 0.206. The summed E-state index contributed by atoms with van der Waals surface area (Å²) in [5.41, 5.74) is 10.2. The Bertz CT molecular complexity index is 557. The first kappa shape index (κ1) is 11.4. The van der Waals surface area contributed by atoms with E-state index in [1.54, 1.807) is 0 Å². The maximum Gasteiger partial charge on any atom is 0.123 e. The number of nitrogens with zero attached hydrogens (tertiary/aromatic N) is 2. The van der Waals surface area contributed by atoms with Crippen molar-refractivity contribution in [3.05, 3.63) is 41.5 Å². The number of hydrogen-bond acceptors (Lipinski definition) is 2. The fourth-order valence-electron chi connectivity index (χ4n) is 2.65. The van der Waals surface area contributed by atoms with Crippen molar-refractivity contribution < 1.29 is 4.39 Å². The Morgan fingerprint density at radius 1 is 1.28 bits per heavy atom. The van der Waals surface area contributed by atoms with Gasteiger partial charge in [-0.25, -0.2) is 4.39 Å². The van der Waals surface area contributed by atoms with Gasteiger partial charge < -0.3 is 5.73 Å².